The first-order chi connectivity index (χ1) is 13.6. The van der Waals surface area contributed by atoms with Crippen LogP contribution in [0.2, 0.25) is 0 Å². The van der Waals surface area contributed by atoms with Gasteiger partial charge in [0.15, 0.2) is 0 Å². The third-order valence-electron chi connectivity index (χ3n) is 5.04. The number of carbonyl (C=O) groups is 1. The van der Waals surface area contributed by atoms with Gasteiger partial charge in [-0.2, -0.15) is 0 Å². The first kappa shape index (κ1) is 20.2. The van der Waals surface area contributed by atoms with Gasteiger partial charge in [0, 0.05) is 24.3 Å². The zero-order chi connectivity index (χ0) is 19.9. The van der Waals surface area contributed by atoms with Gasteiger partial charge in [0.25, 0.3) is 5.91 Å². The molecule has 5 heteroatoms. The summed E-state index contributed by atoms with van der Waals surface area (Å²) in [6.07, 6.45) is 0.879. The standard InChI is InChI=1S/C23H30N2O3/c1-17(2)16-22(18-6-10-21(27-3)11-7-18)24-23(26)19-4-8-20(9-5-19)25-12-14-28-15-13-25/h4-11,17,22H,12-16H2,1-3H3,(H,24,26). The van der Waals surface area contributed by atoms with E-state index in [1.54, 1.807) is 7.11 Å². The summed E-state index contributed by atoms with van der Waals surface area (Å²) in [6.45, 7) is 7.61. The molecule has 0 aliphatic carbocycles. The molecule has 1 atom stereocenters. The third-order valence-corrected chi connectivity index (χ3v) is 5.04. The van der Waals surface area contributed by atoms with Crippen molar-refractivity contribution in [1.82, 2.24) is 5.32 Å². The van der Waals surface area contributed by atoms with Crippen molar-refractivity contribution in [3.8, 4) is 5.75 Å². The zero-order valence-electron chi connectivity index (χ0n) is 17.0. The summed E-state index contributed by atoms with van der Waals surface area (Å²) < 4.78 is 10.6. The van der Waals surface area contributed by atoms with E-state index in [1.165, 1.54) is 0 Å². The molecule has 0 saturated carbocycles. The maximum absolute atomic E-state index is 12.9. The molecule has 1 fully saturated rings. The molecule has 0 spiro atoms. The van der Waals surface area contributed by atoms with Crippen molar-refractivity contribution >= 4 is 11.6 Å². The Hall–Kier alpha value is -2.53. The van der Waals surface area contributed by atoms with Crippen molar-refractivity contribution in [3.63, 3.8) is 0 Å². The van der Waals surface area contributed by atoms with Crippen LogP contribution < -0.4 is 15.0 Å². The van der Waals surface area contributed by atoms with E-state index < -0.39 is 0 Å². The lowest BCUT2D eigenvalue weighted by Crippen LogP contribution is -2.36. The predicted molar refractivity (Wildman–Crippen MR) is 112 cm³/mol. The second kappa shape index (κ2) is 9.60. The SMILES string of the molecule is COc1ccc(C(CC(C)C)NC(=O)c2ccc(N3CCOCC3)cc2)cc1. The van der Waals surface area contributed by atoms with E-state index in [2.05, 4.69) is 24.1 Å². The van der Waals surface area contributed by atoms with Gasteiger partial charge in [-0.05, 0) is 54.3 Å². The number of morpholine rings is 1. The van der Waals surface area contributed by atoms with Gasteiger partial charge in [-0.15, -0.1) is 0 Å². The molecule has 5 nitrogen and oxygen atoms in total. The lowest BCUT2D eigenvalue weighted by Gasteiger charge is -2.29. The normalized spacial score (nSPS) is 15.4. The molecule has 150 valence electrons. The fourth-order valence-corrected chi connectivity index (χ4v) is 3.47. The van der Waals surface area contributed by atoms with E-state index in [0.717, 1.165) is 49.7 Å². The lowest BCUT2D eigenvalue weighted by molar-refractivity contribution is 0.0932. The van der Waals surface area contributed by atoms with Crippen LogP contribution in [0.15, 0.2) is 48.5 Å². The smallest absolute Gasteiger partial charge is 0.251 e. The summed E-state index contributed by atoms with van der Waals surface area (Å²) in [7, 11) is 1.66. The number of nitrogens with zero attached hydrogens (tertiary/aromatic N) is 1. The molecule has 28 heavy (non-hydrogen) atoms. The van der Waals surface area contributed by atoms with Crippen LogP contribution >= 0.6 is 0 Å². The number of hydrogen-bond acceptors (Lipinski definition) is 4. The Morgan fingerprint density at radius 1 is 1.07 bits per heavy atom. The van der Waals surface area contributed by atoms with Gasteiger partial charge in [0.2, 0.25) is 0 Å². The van der Waals surface area contributed by atoms with Crippen molar-refractivity contribution in [3.05, 3.63) is 59.7 Å². The zero-order valence-corrected chi connectivity index (χ0v) is 17.0. The minimum atomic E-state index is -0.0463. The summed E-state index contributed by atoms with van der Waals surface area (Å²) in [5, 5.41) is 3.20. The Bertz CT molecular complexity index is 750. The molecule has 1 amide bonds. The second-order valence-corrected chi connectivity index (χ2v) is 7.58. The Morgan fingerprint density at radius 2 is 1.71 bits per heavy atom. The minimum absolute atomic E-state index is 0.0303. The van der Waals surface area contributed by atoms with Crippen LogP contribution in [-0.4, -0.2) is 39.3 Å². The molecule has 2 aromatic carbocycles. The highest BCUT2D eigenvalue weighted by Gasteiger charge is 2.18. The Labute approximate surface area is 167 Å². The highest BCUT2D eigenvalue weighted by molar-refractivity contribution is 5.94. The van der Waals surface area contributed by atoms with Crippen molar-refractivity contribution < 1.29 is 14.3 Å². The van der Waals surface area contributed by atoms with Crippen molar-refractivity contribution in [2.24, 2.45) is 5.92 Å². The summed E-state index contributed by atoms with van der Waals surface area (Å²) in [4.78, 5) is 15.1. The molecule has 1 aliphatic rings. The number of hydrogen-bond donors (Lipinski definition) is 1. The third kappa shape index (κ3) is 5.26. The van der Waals surface area contributed by atoms with E-state index >= 15 is 0 Å². The molecule has 1 heterocycles. The van der Waals surface area contributed by atoms with E-state index in [0.29, 0.717) is 11.5 Å². The summed E-state index contributed by atoms with van der Waals surface area (Å²) in [5.41, 5.74) is 2.90. The number of anilines is 1. The number of benzene rings is 2. The number of ether oxygens (including phenoxy) is 2. The topological polar surface area (TPSA) is 50.8 Å². The Kier molecular flexibility index (Phi) is 6.93. The highest BCUT2D eigenvalue weighted by Crippen LogP contribution is 2.24. The summed E-state index contributed by atoms with van der Waals surface area (Å²) in [5.74, 6) is 1.24. The molecular weight excluding hydrogens is 352 g/mol. The predicted octanol–water partition coefficient (Wildman–Crippen LogP) is 4.05. The molecule has 1 N–H and O–H groups in total. The van der Waals surface area contributed by atoms with E-state index in [-0.39, 0.29) is 11.9 Å². The first-order valence-electron chi connectivity index (χ1n) is 9.94. The van der Waals surface area contributed by atoms with Gasteiger partial charge < -0.3 is 19.7 Å². The summed E-state index contributed by atoms with van der Waals surface area (Å²) >= 11 is 0. The van der Waals surface area contributed by atoms with Crippen molar-refractivity contribution in [1.29, 1.82) is 0 Å². The fraction of sp³-hybridized carbons (Fsp3) is 0.435. The van der Waals surface area contributed by atoms with Gasteiger partial charge in [0.1, 0.15) is 5.75 Å². The van der Waals surface area contributed by atoms with Crippen LogP contribution in [0.3, 0.4) is 0 Å². The highest BCUT2D eigenvalue weighted by atomic mass is 16.5. The molecular formula is C23H30N2O3. The van der Waals surface area contributed by atoms with E-state index in [4.69, 9.17) is 9.47 Å². The van der Waals surface area contributed by atoms with Crippen LogP contribution in [0, 0.1) is 5.92 Å². The van der Waals surface area contributed by atoms with Gasteiger partial charge in [-0.1, -0.05) is 26.0 Å². The number of rotatable bonds is 7. The van der Waals surface area contributed by atoms with E-state index in [1.807, 2.05) is 48.5 Å². The Balaban J connectivity index is 1.69. The quantitative estimate of drug-likeness (QED) is 0.785. The van der Waals surface area contributed by atoms with Gasteiger partial charge in [-0.3, -0.25) is 4.79 Å². The maximum Gasteiger partial charge on any atom is 0.251 e. The van der Waals surface area contributed by atoms with E-state index in [9.17, 15) is 4.79 Å². The van der Waals surface area contributed by atoms with Crippen LogP contribution in [0.5, 0.6) is 5.75 Å². The van der Waals surface area contributed by atoms with Crippen LogP contribution in [-0.2, 0) is 4.74 Å². The molecule has 3 rings (SSSR count). The molecule has 1 aliphatic heterocycles. The van der Waals surface area contributed by atoms with Crippen LogP contribution in [0.1, 0.15) is 42.2 Å². The minimum Gasteiger partial charge on any atom is -0.497 e. The number of amides is 1. The number of carbonyl (C=O) groups excluding carboxylic acids is 1. The van der Waals surface area contributed by atoms with Gasteiger partial charge in [0.05, 0.1) is 26.4 Å². The second-order valence-electron chi connectivity index (χ2n) is 7.58. The van der Waals surface area contributed by atoms with Crippen molar-refractivity contribution in [2.75, 3.05) is 38.3 Å². The number of methoxy groups -OCH3 is 1. The summed E-state index contributed by atoms with van der Waals surface area (Å²) in [6, 6.07) is 15.7. The lowest BCUT2D eigenvalue weighted by atomic mass is 9.96. The van der Waals surface area contributed by atoms with Gasteiger partial charge in [-0.25, -0.2) is 0 Å². The average molecular weight is 383 g/mol. The van der Waals surface area contributed by atoms with Crippen molar-refractivity contribution in [2.45, 2.75) is 26.3 Å². The van der Waals surface area contributed by atoms with Crippen LogP contribution in [0.25, 0.3) is 0 Å². The fourth-order valence-electron chi connectivity index (χ4n) is 3.47. The average Bonchev–Trinajstić information content (AvgIpc) is 2.74. The Morgan fingerprint density at radius 3 is 2.29 bits per heavy atom. The molecule has 1 unspecified atom stereocenters. The first-order valence-corrected chi connectivity index (χ1v) is 9.94. The number of nitrogens with one attached hydrogen (secondary N) is 1. The monoisotopic (exact) mass is 382 g/mol. The molecule has 2 aromatic rings. The molecule has 0 radical (unpaired) electrons. The van der Waals surface area contributed by atoms with Crippen LogP contribution in [0.4, 0.5) is 5.69 Å². The molecule has 0 aromatic heterocycles. The van der Waals surface area contributed by atoms with Gasteiger partial charge >= 0.3 is 0 Å². The molecule has 0 bridgehead atoms. The largest absolute Gasteiger partial charge is 0.497 e. The molecule has 1 saturated heterocycles. The maximum atomic E-state index is 12.9.